The van der Waals surface area contributed by atoms with Crippen molar-refractivity contribution < 1.29 is 8.42 Å². The molecule has 0 unspecified atom stereocenters. The molecule has 0 aliphatic carbocycles. The Bertz CT molecular complexity index is 664. The first-order chi connectivity index (χ1) is 9.33. The first-order valence-electron chi connectivity index (χ1n) is 6.49. The van der Waals surface area contributed by atoms with Gasteiger partial charge < -0.3 is 0 Å². The minimum atomic E-state index is -3.52. The second-order valence-electron chi connectivity index (χ2n) is 5.59. The van der Waals surface area contributed by atoms with Crippen LogP contribution in [0.2, 0.25) is 19.6 Å². The third-order valence-electron chi connectivity index (χ3n) is 2.88. The van der Waals surface area contributed by atoms with Crippen molar-refractivity contribution >= 4 is 23.9 Å². The van der Waals surface area contributed by atoms with Crippen LogP contribution in [-0.2, 0) is 10.0 Å². The molecular weight excluding hydrogens is 286 g/mol. The van der Waals surface area contributed by atoms with E-state index in [0.29, 0.717) is 4.90 Å². The van der Waals surface area contributed by atoms with E-state index < -0.39 is 18.3 Å². The van der Waals surface area contributed by atoms with E-state index in [1.165, 1.54) is 0 Å². The predicted molar refractivity (Wildman–Crippen MR) is 85.9 cm³/mol. The van der Waals surface area contributed by atoms with Crippen LogP contribution < -0.4 is 3.97 Å². The minimum absolute atomic E-state index is 0.339. The van der Waals surface area contributed by atoms with Crippen LogP contribution >= 0.6 is 0 Å². The highest BCUT2D eigenvalue weighted by Crippen LogP contribution is 2.29. The van der Waals surface area contributed by atoms with Crippen molar-refractivity contribution in [3.63, 3.8) is 0 Å². The van der Waals surface area contributed by atoms with Gasteiger partial charge in [0.2, 0.25) is 0 Å². The lowest BCUT2D eigenvalue weighted by Gasteiger charge is -2.35. The molecule has 0 aliphatic rings. The zero-order chi connectivity index (χ0) is 14.8. The van der Waals surface area contributed by atoms with Crippen molar-refractivity contribution in [2.45, 2.75) is 24.5 Å². The Morgan fingerprint density at radius 2 is 1.25 bits per heavy atom. The Kier molecular flexibility index (Phi) is 4.01. The van der Waals surface area contributed by atoms with Gasteiger partial charge in [-0.3, -0.25) is 3.97 Å². The summed E-state index contributed by atoms with van der Waals surface area (Å²) < 4.78 is 27.5. The third-order valence-corrected chi connectivity index (χ3v) is 8.28. The molecule has 20 heavy (non-hydrogen) atoms. The van der Waals surface area contributed by atoms with E-state index in [9.17, 15) is 8.42 Å². The van der Waals surface area contributed by atoms with Crippen LogP contribution in [0.15, 0.2) is 65.6 Å². The highest BCUT2D eigenvalue weighted by molar-refractivity contribution is 7.94. The predicted octanol–water partition coefficient (Wildman–Crippen LogP) is 3.72. The highest BCUT2D eigenvalue weighted by Gasteiger charge is 2.35. The second kappa shape index (κ2) is 5.42. The lowest BCUT2D eigenvalue weighted by Crippen LogP contribution is -2.49. The van der Waals surface area contributed by atoms with Crippen molar-refractivity contribution in [1.29, 1.82) is 0 Å². The molecule has 0 atom stereocenters. The van der Waals surface area contributed by atoms with Crippen LogP contribution in [0.1, 0.15) is 0 Å². The molecule has 0 aromatic heterocycles. The van der Waals surface area contributed by atoms with Gasteiger partial charge in [-0.25, -0.2) is 8.42 Å². The summed E-state index contributed by atoms with van der Waals surface area (Å²) in [4.78, 5) is 0.339. The summed E-state index contributed by atoms with van der Waals surface area (Å²) in [5.74, 6) is 0. The summed E-state index contributed by atoms with van der Waals surface area (Å²) in [6.07, 6.45) is 0. The first kappa shape index (κ1) is 14.8. The third kappa shape index (κ3) is 2.94. The Morgan fingerprint density at radius 3 is 1.70 bits per heavy atom. The number of hydrogen-bond donors (Lipinski definition) is 0. The Labute approximate surface area is 122 Å². The van der Waals surface area contributed by atoms with Crippen molar-refractivity contribution in [2.75, 3.05) is 3.97 Å². The normalized spacial score (nSPS) is 12.2. The van der Waals surface area contributed by atoms with E-state index in [4.69, 9.17) is 0 Å². The molecular formula is C15H19NO2SSi. The van der Waals surface area contributed by atoms with Gasteiger partial charge in [-0.1, -0.05) is 56.0 Å². The molecule has 0 saturated carbocycles. The molecule has 0 aliphatic heterocycles. The molecule has 2 aromatic carbocycles. The van der Waals surface area contributed by atoms with Gasteiger partial charge in [0.25, 0.3) is 10.0 Å². The average Bonchev–Trinajstić information content (AvgIpc) is 2.39. The largest absolute Gasteiger partial charge is 0.295 e. The second-order valence-corrected chi connectivity index (χ2v) is 12.5. The Morgan fingerprint density at radius 1 is 0.800 bits per heavy atom. The van der Waals surface area contributed by atoms with Crippen LogP contribution in [-0.4, -0.2) is 16.7 Å². The van der Waals surface area contributed by atoms with Gasteiger partial charge in [0.15, 0.2) is 8.24 Å². The van der Waals surface area contributed by atoms with Crippen molar-refractivity contribution in [2.24, 2.45) is 0 Å². The lowest BCUT2D eigenvalue weighted by molar-refractivity contribution is 0.597. The van der Waals surface area contributed by atoms with Crippen molar-refractivity contribution in [3.05, 3.63) is 60.7 Å². The van der Waals surface area contributed by atoms with Crippen LogP contribution in [0.4, 0.5) is 5.69 Å². The SMILES string of the molecule is C[Si](C)(C)N(c1ccccc1)S(=O)(=O)c1ccccc1. The van der Waals surface area contributed by atoms with Gasteiger partial charge in [-0.05, 0) is 24.3 Å². The van der Waals surface area contributed by atoms with Crippen LogP contribution in [0.25, 0.3) is 0 Å². The molecule has 0 fully saturated rings. The van der Waals surface area contributed by atoms with E-state index in [-0.39, 0.29) is 0 Å². The monoisotopic (exact) mass is 305 g/mol. The molecule has 0 saturated heterocycles. The quantitative estimate of drug-likeness (QED) is 0.807. The summed E-state index contributed by atoms with van der Waals surface area (Å²) in [6, 6.07) is 17.9. The molecule has 0 radical (unpaired) electrons. The van der Waals surface area contributed by atoms with Gasteiger partial charge in [-0.15, -0.1) is 0 Å². The van der Waals surface area contributed by atoms with E-state index in [2.05, 4.69) is 0 Å². The van der Waals surface area contributed by atoms with Crippen molar-refractivity contribution in [3.8, 4) is 0 Å². The fourth-order valence-corrected chi connectivity index (χ4v) is 7.38. The number of rotatable bonds is 4. The number of sulfonamides is 1. The smallest absolute Gasteiger partial charge is 0.257 e. The summed E-state index contributed by atoms with van der Waals surface area (Å²) in [5, 5.41) is 0. The zero-order valence-corrected chi connectivity index (χ0v) is 13.8. The molecule has 2 aromatic rings. The van der Waals surface area contributed by atoms with E-state index in [1.807, 2.05) is 56.0 Å². The maximum Gasteiger partial charge on any atom is 0.257 e. The topological polar surface area (TPSA) is 37.4 Å². The zero-order valence-electron chi connectivity index (χ0n) is 11.9. The highest BCUT2D eigenvalue weighted by atomic mass is 32.2. The standard InChI is InChI=1S/C15H19NO2SSi/c1-20(2,3)16(14-10-6-4-7-11-14)19(17,18)15-12-8-5-9-13-15/h4-13H,1-3H3. The van der Waals surface area contributed by atoms with Gasteiger partial charge in [0.1, 0.15) is 0 Å². The fraction of sp³-hybridized carbons (Fsp3) is 0.200. The van der Waals surface area contributed by atoms with Gasteiger partial charge in [-0.2, -0.15) is 0 Å². The first-order valence-corrected chi connectivity index (χ1v) is 11.4. The van der Waals surface area contributed by atoms with Gasteiger partial charge in [0, 0.05) is 5.69 Å². The van der Waals surface area contributed by atoms with Gasteiger partial charge in [0.05, 0.1) is 4.90 Å². The molecule has 0 bridgehead atoms. The van der Waals surface area contributed by atoms with E-state index >= 15 is 0 Å². The number of nitrogens with zero attached hydrogens (tertiary/aromatic N) is 1. The molecule has 3 nitrogen and oxygen atoms in total. The van der Waals surface area contributed by atoms with Crippen LogP contribution in [0.5, 0.6) is 0 Å². The lowest BCUT2D eigenvalue weighted by atomic mass is 10.3. The van der Waals surface area contributed by atoms with Gasteiger partial charge >= 0.3 is 0 Å². The summed E-state index contributed by atoms with van der Waals surface area (Å²) in [5.41, 5.74) is 0.732. The summed E-state index contributed by atoms with van der Waals surface area (Å²) in [7, 11) is -5.62. The molecule has 0 heterocycles. The Balaban J connectivity index is 2.60. The molecule has 0 spiro atoms. The molecule has 2 rings (SSSR count). The van der Waals surface area contributed by atoms with Crippen LogP contribution in [0.3, 0.4) is 0 Å². The number of benzene rings is 2. The maximum atomic E-state index is 12.9. The molecule has 0 amide bonds. The number of hydrogen-bond acceptors (Lipinski definition) is 2. The van der Waals surface area contributed by atoms with Crippen molar-refractivity contribution in [1.82, 2.24) is 0 Å². The molecule has 5 heteroatoms. The fourth-order valence-electron chi connectivity index (χ4n) is 2.15. The number of para-hydroxylation sites is 1. The van der Waals surface area contributed by atoms with E-state index in [1.54, 1.807) is 28.2 Å². The molecule has 0 N–H and O–H groups in total. The average molecular weight is 305 g/mol. The number of anilines is 1. The van der Waals surface area contributed by atoms with Crippen LogP contribution in [0, 0.1) is 0 Å². The summed E-state index contributed by atoms with van der Waals surface area (Å²) in [6.45, 7) is 6.08. The molecule has 106 valence electrons. The minimum Gasteiger partial charge on any atom is -0.295 e. The Hall–Kier alpha value is -1.59. The maximum absolute atomic E-state index is 12.9. The summed E-state index contributed by atoms with van der Waals surface area (Å²) >= 11 is 0. The van der Waals surface area contributed by atoms with E-state index in [0.717, 1.165) is 5.69 Å².